The van der Waals surface area contributed by atoms with E-state index in [1.54, 1.807) is 0 Å². The minimum atomic E-state index is 0.595. The highest BCUT2D eigenvalue weighted by atomic mass is 32.1. The number of nitrogens with zero attached hydrogens (tertiary/aromatic N) is 5. The normalized spacial score (nSPS) is 19.4. The summed E-state index contributed by atoms with van der Waals surface area (Å²) in [7, 11) is 0. The Morgan fingerprint density at radius 3 is 2.46 bits per heavy atom. The molecule has 3 heterocycles. The number of rotatable bonds is 3. The van der Waals surface area contributed by atoms with Gasteiger partial charge in [0.1, 0.15) is 0 Å². The number of benzene rings is 2. The van der Waals surface area contributed by atoms with Crippen LogP contribution in [0.5, 0.6) is 0 Å². The van der Waals surface area contributed by atoms with Crippen molar-refractivity contribution in [3.05, 3.63) is 65.7 Å². The van der Waals surface area contributed by atoms with E-state index in [1.165, 1.54) is 19.3 Å². The number of para-hydroxylation sites is 1. The average molecular weight is 391 g/mol. The second-order valence-electron chi connectivity index (χ2n) is 7.21. The summed E-state index contributed by atoms with van der Waals surface area (Å²) in [6, 6.07) is 18.2. The van der Waals surface area contributed by atoms with E-state index in [9.17, 15) is 0 Å². The van der Waals surface area contributed by atoms with Crippen LogP contribution >= 0.6 is 12.2 Å². The van der Waals surface area contributed by atoms with Crippen molar-refractivity contribution in [1.29, 1.82) is 0 Å². The van der Waals surface area contributed by atoms with E-state index < -0.39 is 0 Å². The van der Waals surface area contributed by atoms with E-state index in [0.29, 0.717) is 11.8 Å². The van der Waals surface area contributed by atoms with Gasteiger partial charge in [-0.15, -0.1) is 5.10 Å². The van der Waals surface area contributed by atoms with Gasteiger partial charge in [0.15, 0.2) is 11.7 Å². The standard InChI is InChI=1S/C21H22N6S/c28-21-24-27-19(16-9-3-1-4-10-16)22-18-12-6-5-11-17(18)20(27)23-26(21)15-25-13-7-2-8-14-25/h1,3-6,9-12H,2,7-8,13-15H2,(H,24,28). The predicted molar refractivity (Wildman–Crippen MR) is 115 cm³/mol. The van der Waals surface area contributed by atoms with E-state index in [0.717, 1.165) is 41.6 Å². The van der Waals surface area contributed by atoms with Gasteiger partial charge in [-0.25, -0.2) is 15.0 Å². The summed E-state index contributed by atoms with van der Waals surface area (Å²) < 4.78 is 0. The Morgan fingerprint density at radius 2 is 1.64 bits per heavy atom. The maximum absolute atomic E-state index is 5.65. The minimum absolute atomic E-state index is 0.595. The topological polar surface area (TPSA) is 46.5 Å². The SMILES string of the molecule is S=C1NN2C(c3ccccc3)=Nc3ccccc3C2=NN1CN1CCCCC1. The van der Waals surface area contributed by atoms with Gasteiger partial charge in [-0.2, -0.15) is 0 Å². The largest absolute Gasteiger partial charge is 0.284 e. The van der Waals surface area contributed by atoms with Crippen LogP contribution in [0.25, 0.3) is 0 Å². The molecule has 0 saturated carbocycles. The Kier molecular flexibility index (Phi) is 4.54. The smallest absolute Gasteiger partial charge is 0.210 e. The van der Waals surface area contributed by atoms with Gasteiger partial charge < -0.3 is 0 Å². The minimum Gasteiger partial charge on any atom is -0.284 e. The van der Waals surface area contributed by atoms with Crippen LogP contribution in [0.4, 0.5) is 5.69 Å². The van der Waals surface area contributed by atoms with Gasteiger partial charge in [0, 0.05) is 11.1 Å². The van der Waals surface area contributed by atoms with Crippen LogP contribution in [0.15, 0.2) is 64.7 Å². The zero-order valence-corrected chi connectivity index (χ0v) is 16.4. The van der Waals surface area contributed by atoms with E-state index >= 15 is 0 Å². The van der Waals surface area contributed by atoms with Crippen molar-refractivity contribution >= 4 is 34.7 Å². The molecular weight excluding hydrogens is 368 g/mol. The Bertz CT molecular complexity index is 948. The summed E-state index contributed by atoms with van der Waals surface area (Å²) in [6.45, 7) is 2.91. The van der Waals surface area contributed by atoms with Gasteiger partial charge in [0.25, 0.3) is 0 Å². The van der Waals surface area contributed by atoms with Crippen molar-refractivity contribution in [1.82, 2.24) is 20.3 Å². The van der Waals surface area contributed by atoms with Crippen LogP contribution in [0.1, 0.15) is 30.4 Å². The lowest BCUT2D eigenvalue weighted by molar-refractivity contribution is 0.154. The summed E-state index contributed by atoms with van der Waals surface area (Å²) in [5, 5.41) is 9.35. The van der Waals surface area contributed by atoms with Crippen molar-refractivity contribution in [3.63, 3.8) is 0 Å². The lowest BCUT2D eigenvalue weighted by atomic mass is 10.1. The number of aliphatic imine (C=N–C) groups is 1. The van der Waals surface area contributed by atoms with E-state index in [-0.39, 0.29) is 0 Å². The summed E-state index contributed by atoms with van der Waals surface area (Å²) in [6.07, 6.45) is 3.79. The van der Waals surface area contributed by atoms with Crippen molar-refractivity contribution in [3.8, 4) is 0 Å². The highest BCUT2D eigenvalue weighted by molar-refractivity contribution is 7.80. The predicted octanol–water partition coefficient (Wildman–Crippen LogP) is 3.29. The molecule has 2 aromatic carbocycles. The fourth-order valence-electron chi connectivity index (χ4n) is 3.83. The molecule has 1 saturated heterocycles. The number of hydrazone groups is 1. The monoisotopic (exact) mass is 390 g/mol. The van der Waals surface area contributed by atoms with Gasteiger partial charge >= 0.3 is 0 Å². The summed E-state index contributed by atoms with van der Waals surface area (Å²) in [5.41, 5.74) is 6.29. The van der Waals surface area contributed by atoms with Crippen molar-refractivity contribution in [2.24, 2.45) is 10.1 Å². The molecule has 1 N–H and O–H groups in total. The lowest BCUT2D eigenvalue weighted by Crippen LogP contribution is -2.60. The van der Waals surface area contributed by atoms with Gasteiger partial charge in [0.05, 0.1) is 12.4 Å². The van der Waals surface area contributed by atoms with Crippen LogP contribution in [0.3, 0.4) is 0 Å². The molecule has 0 aliphatic carbocycles. The summed E-state index contributed by atoms with van der Waals surface area (Å²) in [4.78, 5) is 7.30. The van der Waals surface area contributed by atoms with Crippen molar-refractivity contribution in [2.45, 2.75) is 19.3 Å². The molecule has 142 valence electrons. The number of hydrogen-bond acceptors (Lipinski definition) is 5. The van der Waals surface area contributed by atoms with Crippen LogP contribution in [0.2, 0.25) is 0 Å². The van der Waals surface area contributed by atoms with Crippen LogP contribution in [-0.2, 0) is 0 Å². The van der Waals surface area contributed by atoms with Gasteiger partial charge in [-0.1, -0.05) is 48.9 Å². The van der Waals surface area contributed by atoms with Crippen molar-refractivity contribution in [2.75, 3.05) is 19.8 Å². The first-order chi connectivity index (χ1) is 13.8. The molecule has 1 fully saturated rings. The quantitative estimate of drug-likeness (QED) is 0.815. The second kappa shape index (κ2) is 7.33. The first-order valence-electron chi connectivity index (χ1n) is 9.72. The number of likely N-dealkylation sites (tertiary alicyclic amines) is 1. The van der Waals surface area contributed by atoms with Crippen molar-refractivity contribution < 1.29 is 0 Å². The Morgan fingerprint density at radius 1 is 0.893 bits per heavy atom. The van der Waals surface area contributed by atoms with Gasteiger partial charge in [0.2, 0.25) is 5.11 Å². The molecule has 0 bridgehead atoms. The van der Waals surface area contributed by atoms with Crippen LogP contribution in [0, 0.1) is 0 Å². The number of fused-ring (bicyclic) bond motifs is 3. The maximum Gasteiger partial charge on any atom is 0.210 e. The maximum atomic E-state index is 5.65. The third-order valence-electron chi connectivity index (χ3n) is 5.27. The third kappa shape index (κ3) is 3.16. The number of piperidine rings is 1. The summed E-state index contributed by atoms with van der Waals surface area (Å²) >= 11 is 5.65. The molecule has 3 aliphatic heterocycles. The number of amidine groups is 2. The molecule has 2 aromatic rings. The zero-order valence-electron chi connectivity index (χ0n) is 15.6. The van der Waals surface area contributed by atoms with Crippen LogP contribution in [-0.4, -0.2) is 51.5 Å². The van der Waals surface area contributed by atoms with E-state index in [4.69, 9.17) is 22.3 Å². The first kappa shape index (κ1) is 17.3. The summed E-state index contributed by atoms with van der Waals surface area (Å²) in [5.74, 6) is 1.63. The molecule has 0 spiro atoms. The van der Waals surface area contributed by atoms with Gasteiger partial charge in [-0.05, 0) is 50.3 Å². The number of nitrogens with one attached hydrogen (secondary N) is 1. The van der Waals surface area contributed by atoms with Gasteiger partial charge in [-0.3, -0.25) is 10.3 Å². The molecule has 7 heteroatoms. The molecule has 0 atom stereocenters. The molecule has 0 radical (unpaired) electrons. The van der Waals surface area contributed by atoms with E-state index in [1.807, 2.05) is 46.4 Å². The van der Waals surface area contributed by atoms with E-state index in [2.05, 4.69) is 28.5 Å². The highest BCUT2D eigenvalue weighted by Crippen LogP contribution is 2.29. The Balaban J connectivity index is 1.54. The number of thiocarbonyl (C=S) groups is 1. The second-order valence-corrected chi connectivity index (χ2v) is 7.60. The Hall–Kier alpha value is -2.77. The molecular formula is C21H22N6S. The number of hydrogen-bond donors (Lipinski definition) is 1. The lowest BCUT2D eigenvalue weighted by Gasteiger charge is -2.40. The molecule has 3 aliphatic rings. The zero-order chi connectivity index (χ0) is 18.9. The molecule has 0 amide bonds. The molecule has 5 rings (SSSR count). The fraction of sp³-hybridized carbons (Fsp3) is 0.286. The fourth-order valence-corrected chi connectivity index (χ4v) is 4.02. The molecule has 0 unspecified atom stereocenters. The third-order valence-corrected chi connectivity index (χ3v) is 5.57. The molecule has 6 nitrogen and oxygen atoms in total. The highest BCUT2D eigenvalue weighted by Gasteiger charge is 2.33. The average Bonchev–Trinajstić information content (AvgIpc) is 2.75. The molecule has 28 heavy (non-hydrogen) atoms. The Labute approximate surface area is 170 Å². The number of hydrazine groups is 1. The first-order valence-corrected chi connectivity index (χ1v) is 10.1. The van der Waals surface area contributed by atoms with Crippen LogP contribution < -0.4 is 5.43 Å². The molecule has 0 aromatic heterocycles.